The molecule has 13 heteroatoms. The van der Waals surface area contributed by atoms with E-state index >= 15 is 0 Å². The minimum absolute atomic E-state index is 0. The SMILES string of the molecule is Cc1nc(Cl)nc2[nH]c(=O)n(-c3ccc(C(=O)N4CCc5c(n(Cc6ccc(F)cc6F)c6ncccc56)C4)cc3)c12.[Na]. The van der Waals surface area contributed by atoms with E-state index < -0.39 is 17.3 Å². The van der Waals surface area contributed by atoms with Crippen LogP contribution >= 0.6 is 11.6 Å². The maximum Gasteiger partial charge on any atom is 0.332 e. The fourth-order valence-corrected chi connectivity index (χ4v) is 5.96. The van der Waals surface area contributed by atoms with Crippen LogP contribution in [0, 0.1) is 18.6 Å². The molecule has 9 nitrogen and oxygen atoms in total. The number of hydrogen-bond acceptors (Lipinski definition) is 5. The Bertz CT molecular complexity index is 2110. The van der Waals surface area contributed by atoms with E-state index in [4.69, 9.17) is 11.6 Å². The predicted molar refractivity (Wildman–Crippen MR) is 159 cm³/mol. The van der Waals surface area contributed by atoms with E-state index in [1.807, 2.05) is 16.7 Å². The van der Waals surface area contributed by atoms with Crippen molar-refractivity contribution in [2.75, 3.05) is 6.54 Å². The molecule has 0 saturated carbocycles. The van der Waals surface area contributed by atoms with Gasteiger partial charge in [0.05, 0.1) is 24.5 Å². The molecule has 0 atom stereocenters. The van der Waals surface area contributed by atoms with E-state index in [-0.39, 0.29) is 47.3 Å². The second-order valence-electron chi connectivity index (χ2n) is 10.2. The number of carbonyl (C=O) groups is 1. The van der Waals surface area contributed by atoms with Gasteiger partial charge in [-0.05, 0) is 73.0 Å². The maximum atomic E-state index is 14.6. The zero-order chi connectivity index (χ0) is 29.1. The Morgan fingerprint density at radius 3 is 2.65 bits per heavy atom. The van der Waals surface area contributed by atoms with E-state index in [0.29, 0.717) is 58.8 Å². The largest absolute Gasteiger partial charge is 0.332 e. The Morgan fingerprint density at radius 1 is 1.09 bits per heavy atom. The maximum absolute atomic E-state index is 14.6. The monoisotopic (exact) mass is 608 g/mol. The van der Waals surface area contributed by atoms with Crippen LogP contribution in [0.3, 0.4) is 0 Å². The number of imidazole rings is 1. The normalized spacial score (nSPS) is 12.9. The third kappa shape index (κ3) is 5.06. The van der Waals surface area contributed by atoms with E-state index in [9.17, 15) is 18.4 Å². The van der Waals surface area contributed by atoms with Crippen LogP contribution in [0.2, 0.25) is 5.28 Å². The molecule has 2 aromatic carbocycles. The first kappa shape index (κ1) is 29.2. The van der Waals surface area contributed by atoms with Crippen molar-refractivity contribution in [2.24, 2.45) is 0 Å². The summed E-state index contributed by atoms with van der Waals surface area (Å²) in [4.78, 5) is 43.6. The van der Waals surface area contributed by atoms with Crippen molar-refractivity contribution < 1.29 is 13.6 Å². The quantitative estimate of drug-likeness (QED) is 0.234. The van der Waals surface area contributed by atoms with Crippen molar-refractivity contribution in [2.45, 2.75) is 26.4 Å². The molecule has 0 fully saturated rings. The number of amides is 1. The van der Waals surface area contributed by atoms with Gasteiger partial charge in [-0.3, -0.25) is 14.3 Å². The Kier molecular flexibility index (Phi) is 7.67. The molecule has 7 rings (SSSR count). The molecular formula is C30H22ClF2N7NaO2. The molecule has 0 bridgehead atoms. The molecule has 1 amide bonds. The molecule has 6 aromatic rings. The summed E-state index contributed by atoms with van der Waals surface area (Å²) in [5.41, 5.74) is 4.93. The third-order valence-corrected chi connectivity index (χ3v) is 7.87. The van der Waals surface area contributed by atoms with Gasteiger partial charge in [0.1, 0.15) is 22.8 Å². The number of nitrogens with zero attached hydrogens (tertiary/aromatic N) is 6. The fourth-order valence-electron chi connectivity index (χ4n) is 5.75. The molecule has 5 heterocycles. The molecule has 211 valence electrons. The van der Waals surface area contributed by atoms with Crippen molar-refractivity contribution in [1.29, 1.82) is 0 Å². The number of benzene rings is 2. The first-order valence-corrected chi connectivity index (χ1v) is 13.6. The van der Waals surface area contributed by atoms with Gasteiger partial charge in [-0.25, -0.2) is 23.5 Å². The number of hydrogen-bond donors (Lipinski definition) is 1. The summed E-state index contributed by atoms with van der Waals surface area (Å²) in [6.07, 6.45) is 2.28. The Labute approximate surface area is 270 Å². The minimum atomic E-state index is -0.640. The second kappa shape index (κ2) is 11.3. The van der Waals surface area contributed by atoms with Gasteiger partial charge in [0.2, 0.25) is 5.28 Å². The number of aromatic amines is 1. The number of halogens is 3. The summed E-state index contributed by atoms with van der Waals surface area (Å²) in [5, 5.41) is 0.993. The first-order valence-electron chi connectivity index (χ1n) is 13.2. The fraction of sp³-hybridized carbons (Fsp3) is 0.167. The van der Waals surface area contributed by atoms with E-state index in [1.54, 1.807) is 42.3 Å². The molecule has 1 aliphatic rings. The Hall–Kier alpha value is -3.90. The Morgan fingerprint density at radius 2 is 1.88 bits per heavy atom. The number of aryl methyl sites for hydroxylation is 1. The van der Waals surface area contributed by atoms with Crippen LogP contribution in [-0.2, 0) is 19.5 Å². The van der Waals surface area contributed by atoms with E-state index in [1.165, 1.54) is 16.7 Å². The number of H-pyrrole nitrogens is 1. The molecule has 43 heavy (non-hydrogen) atoms. The van der Waals surface area contributed by atoms with Gasteiger partial charge in [0, 0.05) is 70.6 Å². The van der Waals surface area contributed by atoms with E-state index in [2.05, 4.69) is 19.9 Å². The molecule has 0 aliphatic carbocycles. The second-order valence-corrected chi connectivity index (χ2v) is 10.5. The molecule has 1 radical (unpaired) electrons. The molecule has 1 aliphatic heterocycles. The summed E-state index contributed by atoms with van der Waals surface area (Å²) >= 11 is 5.95. The van der Waals surface area contributed by atoms with Crippen LogP contribution in [0.1, 0.15) is 32.9 Å². The zero-order valence-electron chi connectivity index (χ0n) is 23.2. The molecule has 0 unspecified atom stereocenters. The smallest absolute Gasteiger partial charge is 0.332 e. The Balaban J connectivity index is 0.00000329. The van der Waals surface area contributed by atoms with Crippen molar-refractivity contribution in [3.63, 3.8) is 0 Å². The molecular weight excluding hydrogens is 587 g/mol. The number of rotatable bonds is 4. The molecule has 4 aromatic heterocycles. The topological polar surface area (TPSA) is 102 Å². The van der Waals surface area contributed by atoms with Gasteiger partial charge in [-0.15, -0.1) is 0 Å². The summed E-state index contributed by atoms with van der Waals surface area (Å²) in [6, 6.07) is 14.1. The number of aromatic nitrogens is 6. The molecule has 0 saturated heterocycles. The first-order chi connectivity index (χ1) is 20.3. The predicted octanol–water partition coefficient (Wildman–Crippen LogP) is 4.56. The number of nitrogens with one attached hydrogen (secondary N) is 1. The standard InChI is InChI=1S/C30H22ClF2N7O2.Na/c1-16-25-26(36-29(31)35-16)37-30(42)40(25)20-8-5-17(6-9-20)28(41)38-12-10-21-22-3-2-11-34-27(22)39(24(21)15-38)14-18-4-7-19(32)13-23(18)33;/h2-9,11,13H,10,12,14-15H2,1H3,(H,35,36,37,42);. The number of carbonyl (C=O) groups excluding carboxylic acids is 1. The van der Waals surface area contributed by atoms with Gasteiger partial charge in [-0.2, -0.15) is 4.98 Å². The van der Waals surface area contributed by atoms with E-state index in [0.717, 1.165) is 22.7 Å². The van der Waals surface area contributed by atoms with Crippen LogP contribution in [0.15, 0.2) is 65.6 Å². The van der Waals surface area contributed by atoms with Crippen LogP contribution < -0.4 is 5.69 Å². The third-order valence-electron chi connectivity index (χ3n) is 7.70. The summed E-state index contributed by atoms with van der Waals surface area (Å²) in [7, 11) is 0. The summed E-state index contributed by atoms with van der Waals surface area (Å²) < 4.78 is 31.5. The number of pyridine rings is 1. The summed E-state index contributed by atoms with van der Waals surface area (Å²) in [5.74, 6) is -1.45. The minimum Gasteiger partial charge on any atom is -0.332 e. The van der Waals surface area contributed by atoms with Gasteiger partial charge in [0.25, 0.3) is 5.91 Å². The molecule has 0 spiro atoms. The van der Waals surface area contributed by atoms with Crippen LogP contribution in [0.25, 0.3) is 27.9 Å². The van der Waals surface area contributed by atoms with Crippen molar-refractivity contribution in [1.82, 2.24) is 34.0 Å². The van der Waals surface area contributed by atoms with Gasteiger partial charge in [-0.1, -0.05) is 6.07 Å². The van der Waals surface area contributed by atoms with Crippen molar-refractivity contribution >= 4 is 69.3 Å². The van der Waals surface area contributed by atoms with Crippen LogP contribution in [0.5, 0.6) is 0 Å². The molecule has 1 N–H and O–H groups in total. The van der Waals surface area contributed by atoms with Gasteiger partial charge >= 0.3 is 5.69 Å². The average Bonchev–Trinajstić information content (AvgIpc) is 3.48. The number of fused-ring (bicyclic) bond motifs is 4. The van der Waals surface area contributed by atoms with Crippen LogP contribution in [-0.4, -0.2) is 76.0 Å². The zero-order valence-corrected chi connectivity index (χ0v) is 26.0. The van der Waals surface area contributed by atoms with Gasteiger partial charge in [0.15, 0.2) is 5.65 Å². The van der Waals surface area contributed by atoms with Gasteiger partial charge < -0.3 is 9.47 Å². The van der Waals surface area contributed by atoms with Crippen LogP contribution in [0.4, 0.5) is 8.78 Å². The van der Waals surface area contributed by atoms with Crippen molar-refractivity contribution in [3.05, 3.63) is 116 Å². The summed E-state index contributed by atoms with van der Waals surface area (Å²) in [6.45, 7) is 2.68. The average molecular weight is 609 g/mol. The van der Waals surface area contributed by atoms with Crippen molar-refractivity contribution in [3.8, 4) is 5.69 Å².